The molecule has 0 radical (unpaired) electrons. The highest BCUT2D eigenvalue weighted by molar-refractivity contribution is 7.98. The summed E-state index contributed by atoms with van der Waals surface area (Å²) >= 11 is 1.61. The number of thioether (sulfide) groups is 1. The van der Waals surface area contributed by atoms with Crippen molar-refractivity contribution in [3.05, 3.63) is 59.7 Å². The van der Waals surface area contributed by atoms with Crippen LogP contribution in [-0.4, -0.2) is 20.5 Å². The minimum atomic E-state index is -3.15. The van der Waals surface area contributed by atoms with Crippen LogP contribution in [0, 0.1) is 5.41 Å². The van der Waals surface area contributed by atoms with Crippen LogP contribution in [0.25, 0.3) is 0 Å². The van der Waals surface area contributed by atoms with E-state index in [1.54, 1.807) is 42.1 Å². The van der Waals surface area contributed by atoms with Gasteiger partial charge in [-0.3, -0.25) is 5.41 Å². The maximum Gasteiger partial charge on any atom is 0.175 e. The van der Waals surface area contributed by atoms with Crippen molar-refractivity contribution in [2.24, 2.45) is 5.73 Å². The Kier molecular flexibility index (Phi) is 4.69. The zero-order valence-electron chi connectivity index (χ0n) is 11.5. The first-order chi connectivity index (χ1) is 9.86. The molecule has 0 amide bonds. The van der Waals surface area contributed by atoms with Gasteiger partial charge >= 0.3 is 0 Å². The monoisotopic (exact) mass is 320 g/mol. The van der Waals surface area contributed by atoms with Gasteiger partial charge in [0, 0.05) is 22.5 Å². The second kappa shape index (κ2) is 6.32. The molecule has 0 spiro atoms. The molecule has 2 aromatic carbocycles. The van der Waals surface area contributed by atoms with Crippen LogP contribution in [0.15, 0.2) is 58.3 Å². The summed E-state index contributed by atoms with van der Waals surface area (Å²) in [5.74, 6) is 0.790. The van der Waals surface area contributed by atoms with Gasteiger partial charge in [0.1, 0.15) is 5.84 Å². The van der Waals surface area contributed by atoms with Gasteiger partial charge in [-0.25, -0.2) is 8.42 Å². The van der Waals surface area contributed by atoms with Crippen LogP contribution in [-0.2, 0) is 15.6 Å². The van der Waals surface area contributed by atoms with Crippen molar-refractivity contribution >= 4 is 27.4 Å². The lowest BCUT2D eigenvalue weighted by atomic mass is 10.1. The molecule has 0 atom stereocenters. The molecule has 0 aliphatic heterocycles. The third kappa shape index (κ3) is 4.34. The molecule has 0 aliphatic rings. The van der Waals surface area contributed by atoms with Gasteiger partial charge in [-0.15, -0.1) is 11.8 Å². The number of nitrogens with two attached hydrogens (primary N) is 1. The number of sulfone groups is 1. The molecular weight excluding hydrogens is 304 g/mol. The molecule has 6 heteroatoms. The molecule has 0 heterocycles. The standard InChI is InChI=1S/C15H16N2O2S2/c1-21(18,19)14-7-5-13(6-8-14)20-10-11-3-2-4-12(9-11)15(16)17/h2-9H,10H2,1H3,(H3,16,17). The summed E-state index contributed by atoms with van der Waals surface area (Å²) in [6.45, 7) is 0. The Morgan fingerprint density at radius 3 is 2.43 bits per heavy atom. The zero-order valence-corrected chi connectivity index (χ0v) is 13.2. The average molecular weight is 320 g/mol. The fourth-order valence-corrected chi connectivity index (χ4v) is 3.25. The molecule has 21 heavy (non-hydrogen) atoms. The van der Waals surface area contributed by atoms with Crippen LogP contribution in [0.3, 0.4) is 0 Å². The maximum absolute atomic E-state index is 11.4. The van der Waals surface area contributed by atoms with E-state index in [2.05, 4.69) is 0 Å². The summed E-state index contributed by atoms with van der Waals surface area (Å²) in [4.78, 5) is 1.32. The van der Waals surface area contributed by atoms with Crippen LogP contribution in [0.2, 0.25) is 0 Å². The molecule has 4 nitrogen and oxygen atoms in total. The first-order valence-corrected chi connectivity index (χ1v) is 9.10. The molecule has 3 N–H and O–H groups in total. The van der Waals surface area contributed by atoms with E-state index in [0.717, 1.165) is 16.2 Å². The lowest BCUT2D eigenvalue weighted by Gasteiger charge is -2.05. The lowest BCUT2D eigenvalue weighted by Crippen LogP contribution is -2.10. The number of nitrogen functional groups attached to an aromatic ring is 1. The van der Waals surface area contributed by atoms with Gasteiger partial charge in [0.25, 0.3) is 0 Å². The van der Waals surface area contributed by atoms with E-state index in [1.807, 2.05) is 18.2 Å². The van der Waals surface area contributed by atoms with Crippen LogP contribution >= 0.6 is 11.8 Å². The lowest BCUT2D eigenvalue weighted by molar-refractivity contribution is 0.602. The van der Waals surface area contributed by atoms with Gasteiger partial charge in [-0.1, -0.05) is 18.2 Å². The van der Waals surface area contributed by atoms with E-state index in [4.69, 9.17) is 11.1 Å². The third-order valence-electron chi connectivity index (χ3n) is 2.90. The van der Waals surface area contributed by atoms with Crippen molar-refractivity contribution < 1.29 is 8.42 Å². The molecule has 0 saturated heterocycles. The summed E-state index contributed by atoms with van der Waals surface area (Å²) in [6.07, 6.45) is 1.20. The molecule has 2 aromatic rings. The predicted molar refractivity (Wildman–Crippen MR) is 86.6 cm³/mol. The Hall–Kier alpha value is -1.79. The van der Waals surface area contributed by atoms with E-state index in [-0.39, 0.29) is 5.84 Å². The second-order valence-corrected chi connectivity index (χ2v) is 7.71. The number of hydrogen-bond acceptors (Lipinski definition) is 4. The summed E-state index contributed by atoms with van der Waals surface area (Å²) in [5.41, 5.74) is 7.25. The summed E-state index contributed by atoms with van der Waals surface area (Å²) < 4.78 is 22.8. The second-order valence-electron chi connectivity index (χ2n) is 4.65. The van der Waals surface area contributed by atoms with Gasteiger partial charge in [-0.2, -0.15) is 0 Å². The van der Waals surface area contributed by atoms with Crippen molar-refractivity contribution in [1.29, 1.82) is 5.41 Å². The number of rotatable bonds is 5. The van der Waals surface area contributed by atoms with Crippen molar-refractivity contribution in [3.8, 4) is 0 Å². The van der Waals surface area contributed by atoms with Crippen molar-refractivity contribution in [3.63, 3.8) is 0 Å². The fourth-order valence-electron chi connectivity index (χ4n) is 1.78. The highest BCUT2D eigenvalue weighted by Crippen LogP contribution is 2.24. The van der Waals surface area contributed by atoms with Gasteiger partial charge in [-0.05, 0) is 35.9 Å². The van der Waals surface area contributed by atoms with Crippen LogP contribution in [0.5, 0.6) is 0 Å². The molecule has 0 aromatic heterocycles. The quantitative estimate of drug-likeness (QED) is 0.504. The average Bonchev–Trinajstić information content (AvgIpc) is 2.45. The fraction of sp³-hybridized carbons (Fsp3) is 0.133. The molecule has 0 unspecified atom stereocenters. The van der Waals surface area contributed by atoms with E-state index < -0.39 is 9.84 Å². The molecule has 0 aliphatic carbocycles. The molecule has 0 bridgehead atoms. The largest absolute Gasteiger partial charge is 0.384 e. The minimum absolute atomic E-state index is 0.0550. The number of nitrogens with one attached hydrogen (secondary N) is 1. The first-order valence-electron chi connectivity index (χ1n) is 6.22. The molecule has 2 rings (SSSR count). The Morgan fingerprint density at radius 2 is 1.86 bits per heavy atom. The summed E-state index contributed by atoms with van der Waals surface area (Å²) in [5, 5.41) is 7.42. The smallest absolute Gasteiger partial charge is 0.175 e. The summed E-state index contributed by atoms with van der Waals surface area (Å²) in [6, 6.07) is 14.4. The normalized spacial score (nSPS) is 11.3. The first kappa shape index (κ1) is 15.6. The van der Waals surface area contributed by atoms with Crippen molar-refractivity contribution in [2.75, 3.05) is 6.26 Å². The molecule has 110 valence electrons. The van der Waals surface area contributed by atoms with Gasteiger partial charge in [0.05, 0.1) is 4.90 Å². The Labute approximate surface area is 128 Å². The van der Waals surface area contributed by atoms with Gasteiger partial charge in [0.2, 0.25) is 0 Å². The molecule has 0 saturated carbocycles. The predicted octanol–water partition coefficient (Wildman–Crippen LogP) is 2.67. The number of hydrogen-bond donors (Lipinski definition) is 2. The minimum Gasteiger partial charge on any atom is -0.384 e. The number of amidine groups is 1. The van der Waals surface area contributed by atoms with Gasteiger partial charge < -0.3 is 5.73 Å². The highest BCUT2D eigenvalue weighted by Gasteiger charge is 2.06. The maximum atomic E-state index is 11.4. The van der Waals surface area contributed by atoms with Crippen LogP contribution in [0.4, 0.5) is 0 Å². The Balaban J connectivity index is 2.06. The number of benzene rings is 2. The van der Waals surface area contributed by atoms with Crippen LogP contribution in [0.1, 0.15) is 11.1 Å². The SMILES string of the molecule is CS(=O)(=O)c1ccc(SCc2cccc(C(=N)N)c2)cc1. The van der Waals surface area contributed by atoms with E-state index in [1.165, 1.54) is 6.26 Å². The Morgan fingerprint density at radius 1 is 1.19 bits per heavy atom. The third-order valence-corrected chi connectivity index (χ3v) is 5.11. The van der Waals surface area contributed by atoms with Crippen LogP contribution < -0.4 is 5.73 Å². The van der Waals surface area contributed by atoms with E-state index >= 15 is 0 Å². The van der Waals surface area contributed by atoms with Crippen molar-refractivity contribution in [1.82, 2.24) is 0 Å². The van der Waals surface area contributed by atoms with Crippen molar-refractivity contribution in [2.45, 2.75) is 15.5 Å². The van der Waals surface area contributed by atoms with Gasteiger partial charge in [0.15, 0.2) is 9.84 Å². The zero-order chi connectivity index (χ0) is 15.5. The van der Waals surface area contributed by atoms with E-state index in [0.29, 0.717) is 10.5 Å². The van der Waals surface area contributed by atoms with E-state index in [9.17, 15) is 8.42 Å². The highest BCUT2D eigenvalue weighted by atomic mass is 32.2. The molecular formula is C15H16N2O2S2. The molecule has 0 fully saturated rings. The topological polar surface area (TPSA) is 84.0 Å². The Bertz CT molecular complexity index is 753. The summed E-state index contributed by atoms with van der Waals surface area (Å²) in [7, 11) is -3.15.